The fourth-order valence-corrected chi connectivity index (χ4v) is 3.13. The Kier molecular flexibility index (Phi) is 5.49. The molecule has 0 bridgehead atoms. The first-order valence-corrected chi connectivity index (χ1v) is 6.63. The molecule has 2 N–H and O–H groups in total. The second-order valence-electron chi connectivity index (χ2n) is 4.32. The van der Waals surface area contributed by atoms with Gasteiger partial charge in [-0.15, -0.1) is 11.3 Å². The van der Waals surface area contributed by atoms with E-state index in [1.165, 1.54) is 0 Å². The van der Waals surface area contributed by atoms with Crippen LogP contribution in [0.1, 0.15) is 29.8 Å². The van der Waals surface area contributed by atoms with E-state index < -0.39 is 6.43 Å². The number of thiophene rings is 1. The molecule has 0 saturated carbocycles. The van der Waals surface area contributed by atoms with Gasteiger partial charge in [0, 0.05) is 10.9 Å². The summed E-state index contributed by atoms with van der Waals surface area (Å²) in [6, 6.07) is 1.77. The van der Waals surface area contributed by atoms with Crippen molar-refractivity contribution < 1.29 is 8.78 Å². The summed E-state index contributed by atoms with van der Waals surface area (Å²) in [5.41, 5.74) is 7.20. The van der Waals surface area contributed by atoms with Crippen LogP contribution >= 0.6 is 11.3 Å². The highest BCUT2D eigenvalue weighted by molar-refractivity contribution is 7.10. The highest BCUT2D eigenvalue weighted by Gasteiger charge is 2.27. The Bertz CT molecular complexity index is 341. The maximum atomic E-state index is 12.5. The lowest BCUT2D eigenvalue weighted by Crippen LogP contribution is -2.40. The van der Waals surface area contributed by atoms with Crippen LogP contribution in [0.2, 0.25) is 0 Å². The summed E-state index contributed by atoms with van der Waals surface area (Å²) in [7, 11) is 1.71. The lowest BCUT2D eigenvalue weighted by Gasteiger charge is -2.32. The maximum Gasteiger partial charge on any atom is 0.251 e. The summed E-state index contributed by atoms with van der Waals surface area (Å²) < 4.78 is 25.0. The van der Waals surface area contributed by atoms with E-state index in [9.17, 15) is 8.78 Å². The molecule has 5 heteroatoms. The second-order valence-corrected chi connectivity index (χ2v) is 5.26. The van der Waals surface area contributed by atoms with Gasteiger partial charge in [-0.3, -0.25) is 4.90 Å². The number of hydrogen-bond donors (Lipinski definition) is 1. The molecule has 0 aliphatic rings. The molecule has 0 aliphatic carbocycles. The molecule has 2 atom stereocenters. The molecule has 2 nitrogen and oxygen atoms in total. The molecule has 0 aliphatic heterocycles. The van der Waals surface area contributed by atoms with Crippen LogP contribution in [0, 0.1) is 6.92 Å². The minimum absolute atomic E-state index is 0.115. The van der Waals surface area contributed by atoms with Gasteiger partial charge in [-0.2, -0.15) is 0 Å². The van der Waals surface area contributed by atoms with Gasteiger partial charge in [0.2, 0.25) is 0 Å². The Balaban J connectivity index is 2.92. The van der Waals surface area contributed by atoms with Crippen molar-refractivity contribution in [3.63, 3.8) is 0 Å². The Morgan fingerprint density at radius 1 is 1.47 bits per heavy atom. The monoisotopic (exact) mass is 262 g/mol. The van der Waals surface area contributed by atoms with Gasteiger partial charge in [0.15, 0.2) is 0 Å². The van der Waals surface area contributed by atoms with Crippen LogP contribution < -0.4 is 5.73 Å². The van der Waals surface area contributed by atoms with Crippen LogP contribution in [0.5, 0.6) is 0 Å². The average Bonchev–Trinajstić information content (AvgIpc) is 2.64. The van der Waals surface area contributed by atoms with Crippen molar-refractivity contribution >= 4 is 11.3 Å². The third kappa shape index (κ3) is 3.72. The van der Waals surface area contributed by atoms with Crippen molar-refractivity contribution in [3.05, 3.63) is 21.9 Å². The Hall–Kier alpha value is -0.520. The SMILES string of the molecule is CCC(N)C(c1sccc1C)N(C)CC(F)F. The normalized spacial score (nSPS) is 15.5. The van der Waals surface area contributed by atoms with Crippen LogP contribution in [0.15, 0.2) is 11.4 Å². The summed E-state index contributed by atoms with van der Waals surface area (Å²) in [4.78, 5) is 2.76. The van der Waals surface area contributed by atoms with Gasteiger partial charge < -0.3 is 5.73 Å². The minimum atomic E-state index is -2.33. The molecule has 0 aromatic carbocycles. The molecule has 0 fully saturated rings. The van der Waals surface area contributed by atoms with Gasteiger partial charge in [-0.05, 0) is 37.4 Å². The van der Waals surface area contributed by atoms with E-state index >= 15 is 0 Å². The van der Waals surface area contributed by atoms with E-state index in [0.717, 1.165) is 16.9 Å². The molecule has 1 rings (SSSR count). The van der Waals surface area contributed by atoms with Gasteiger partial charge in [0.05, 0.1) is 12.6 Å². The lowest BCUT2D eigenvalue weighted by atomic mass is 10.0. The number of alkyl halides is 2. The van der Waals surface area contributed by atoms with Crippen molar-refractivity contribution in [1.82, 2.24) is 4.90 Å². The fourth-order valence-electron chi connectivity index (χ4n) is 1.96. The minimum Gasteiger partial charge on any atom is -0.326 e. The van der Waals surface area contributed by atoms with E-state index in [1.54, 1.807) is 23.3 Å². The summed E-state index contributed by atoms with van der Waals surface area (Å²) >= 11 is 1.59. The third-order valence-electron chi connectivity index (χ3n) is 2.95. The molecular weight excluding hydrogens is 242 g/mol. The topological polar surface area (TPSA) is 29.3 Å². The molecule has 0 amide bonds. The Labute approximate surface area is 105 Å². The van der Waals surface area contributed by atoms with E-state index in [2.05, 4.69) is 0 Å². The zero-order chi connectivity index (χ0) is 13.0. The summed E-state index contributed by atoms with van der Waals surface area (Å²) in [5.74, 6) is 0. The van der Waals surface area contributed by atoms with Gasteiger partial charge in [0.1, 0.15) is 0 Å². The first kappa shape index (κ1) is 14.5. The van der Waals surface area contributed by atoms with Gasteiger partial charge in [-0.1, -0.05) is 6.92 Å². The number of hydrogen-bond acceptors (Lipinski definition) is 3. The van der Waals surface area contributed by atoms with E-state index in [1.807, 2.05) is 25.3 Å². The number of likely N-dealkylation sites (N-methyl/N-ethyl adjacent to an activating group) is 1. The number of aryl methyl sites for hydroxylation is 1. The molecule has 98 valence electrons. The predicted octanol–water partition coefficient (Wildman–Crippen LogP) is 3.03. The molecule has 0 radical (unpaired) electrons. The first-order chi connectivity index (χ1) is 7.97. The fraction of sp³-hybridized carbons (Fsp3) is 0.667. The first-order valence-electron chi connectivity index (χ1n) is 5.75. The highest BCUT2D eigenvalue weighted by atomic mass is 32.1. The summed E-state index contributed by atoms with van der Waals surface area (Å²) in [6.45, 7) is 3.74. The average molecular weight is 262 g/mol. The van der Waals surface area contributed by atoms with Crippen LogP contribution in [-0.2, 0) is 0 Å². The molecule has 1 aromatic heterocycles. The number of nitrogens with two attached hydrogens (primary N) is 1. The van der Waals surface area contributed by atoms with Crippen molar-refractivity contribution in [3.8, 4) is 0 Å². The predicted molar refractivity (Wildman–Crippen MR) is 68.7 cm³/mol. The zero-order valence-electron chi connectivity index (χ0n) is 10.5. The standard InChI is InChI=1S/C12H20F2N2S/c1-4-9(15)11(16(3)7-10(13)14)12-8(2)5-6-17-12/h5-6,9-11H,4,7,15H2,1-3H3. The van der Waals surface area contributed by atoms with Crippen molar-refractivity contribution in [2.75, 3.05) is 13.6 Å². The molecule has 2 unspecified atom stereocenters. The highest BCUT2D eigenvalue weighted by Crippen LogP contribution is 2.31. The number of nitrogens with zero attached hydrogens (tertiary/aromatic N) is 1. The molecule has 1 aromatic rings. The zero-order valence-corrected chi connectivity index (χ0v) is 11.3. The van der Waals surface area contributed by atoms with Crippen LogP contribution in [0.25, 0.3) is 0 Å². The van der Waals surface area contributed by atoms with Crippen LogP contribution in [0.3, 0.4) is 0 Å². The Morgan fingerprint density at radius 3 is 2.53 bits per heavy atom. The van der Waals surface area contributed by atoms with Crippen LogP contribution in [-0.4, -0.2) is 31.0 Å². The molecule has 1 heterocycles. The smallest absolute Gasteiger partial charge is 0.251 e. The van der Waals surface area contributed by atoms with Gasteiger partial charge >= 0.3 is 0 Å². The maximum absolute atomic E-state index is 12.5. The second kappa shape index (κ2) is 6.42. The summed E-state index contributed by atoms with van der Waals surface area (Å²) in [5, 5.41) is 1.98. The molecule has 0 saturated heterocycles. The van der Waals surface area contributed by atoms with Crippen molar-refractivity contribution in [1.29, 1.82) is 0 Å². The van der Waals surface area contributed by atoms with E-state index in [4.69, 9.17) is 5.73 Å². The molecule has 17 heavy (non-hydrogen) atoms. The number of halogens is 2. The largest absolute Gasteiger partial charge is 0.326 e. The van der Waals surface area contributed by atoms with Crippen LogP contribution in [0.4, 0.5) is 8.78 Å². The molecular formula is C12H20F2N2S. The van der Waals surface area contributed by atoms with Gasteiger partial charge in [0.25, 0.3) is 6.43 Å². The van der Waals surface area contributed by atoms with E-state index in [0.29, 0.717) is 0 Å². The third-order valence-corrected chi connectivity index (χ3v) is 4.04. The van der Waals surface area contributed by atoms with Crippen molar-refractivity contribution in [2.24, 2.45) is 5.73 Å². The quantitative estimate of drug-likeness (QED) is 0.854. The molecule has 0 spiro atoms. The Morgan fingerprint density at radius 2 is 2.12 bits per heavy atom. The summed E-state index contributed by atoms with van der Waals surface area (Å²) in [6.07, 6.45) is -1.55. The van der Waals surface area contributed by atoms with E-state index in [-0.39, 0.29) is 18.6 Å². The van der Waals surface area contributed by atoms with Gasteiger partial charge in [-0.25, -0.2) is 8.78 Å². The number of rotatable bonds is 6. The lowest BCUT2D eigenvalue weighted by molar-refractivity contribution is 0.0742. The van der Waals surface area contributed by atoms with Crippen molar-refractivity contribution in [2.45, 2.75) is 38.8 Å².